The maximum Gasteiger partial charge on any atom is 0.339 e. The van der Waals surface area contributed by atoms with Crippen LogP contribution in [0.5, 0.6) is 0 Å². The number of thiophene rings is 1. The topological polar surface area (TPSA) is 61.2 Å². The van der Waals surface area contributed by atoms with Crippen LogP contribution >= 0.6 is 23.6 Å². The molecule has 2 heterocycles. The summed E-state index contributed by atoms with van der Waals surface area (Å²) in [5, 5.41) is 3.82. The number of Topliss-reactive ketones (excluding diaryl/α,β-unsaturated/α-hetero) is 1. The Hall–Kier alpha value is -2.14. The zero-order valence-corrected chi connectivity index (χ0v) is 21.0. The predicted molar refractivity (Wildman–Crippen MR) is 127 cm³/mol. The Bertz CT molecular complexity index is 1160. The van der Waals surface area contributed by atoms with E-state index in [1.807, 2.05) is 0 Å². The number of aromatic nitrogens is 2. The van der Waals surface area contributed by atoms with Gasteiger partial charge in [0, 0.05) is 41.8 Å². The van der Waals surface area contributed by atoms with Crippen LogP contribution < -0.4 is 0 Å². The number of esters is 1. The molecule has 2 aromatic heterocycles. The first-order valence-electron chi connectivity index (χ1n) is 11.5. The second kappa shape index (κ2) is 10.1. The summed E-state index contributed by atoms with van der Waals surface area (Å²) in [5.74, 6) is -5.15. The number of hydrogen-bond acceptors (Lipinski definition) is 6. The van der Waals surface area contributed by atoms with Crippen molar-refractivity contribution < 1.29 is 31.9 Å². The minimum absolute atomic E-state index is 0.136. The lowest BCUT2D eigenvalue weighted by atomic mass is 9.83. The van der Waals surface area contributed by atoms with Gasteiger partial charge in [-0.1, -0.05) is 12.2 Å². The number of fused-ring (bicyclic) bond motifs is 1. The fraction of sp³-hybridized carbons (Fsp3) is 0.583. The molecule has 0 N–H and O–H groups in total. The molecule has 0 saturated heterocycles. The fourth-order valence-corrected chi connectivity index (χ4v) is 6.43. The maximum atomic E-state index is 13.4. The molecule has 2 atom stereocenters. The lowest BCUT2D eigenvalue weighted by Gasteiger charge is -2.23. The number of nitrogens with zero attached hydrogens (tertiary/aromatic N) is 2. The van der Waals surface area contributed by atoms with E-state index in [0.717, 1.165) is 16.9 Å². The molecule has 0 amide bonds. The van der Waals surface area contributed by atoms with Crippen LogP contribution in [0.4, 0.5) is 17.6 Å². The average Bonchev–Trinajstić information content (AvgIpc) is 3.08. The summed E-state index contributed by atoms with van der Waals surface area (Å²) in [5.41, 5.74) is 1.49. The molecule has 2 aliphatic rings. The summed E-state index contributed by atoms with van der Waals surface area (Å²) >= 11 is 6.90. The number of alkyl halides is 4. The van der Waals surface area contributed by atoms with Gasteiger partial charge in [0.05, 0.1) is 18.1 Å². The SMILES string of the molecule is CCOC(=O)c1c(CC(=O)[C@H]2CC2(F)F)sc2c1C[C@@H](CC(=S)Cc1cc(C(F)F)nn1C)CC2. The van der Waals surface area contributed by atoms with Crippen LogP contribution in [-0.4, -0.2) is 38.9 Å². The number of carbonyl (C=O) groups is 2. The summed E-state index contributed by atoms with van der Waals surface area (Å²) < 4.78 is 59.3. The van der Waals surface area contributed by atoms with Crippen molar-refractivity contribution in [1.82, 2.24) is 9.78 Å². The largest absolute Gasteiger partial charge is 0.462 e. The first kappa shape index (κ1) is 25.9. The molecule has 35 heavy (non-hydrogen) atoms. The van der Waals surface area contributed by atoms with E-state index in [1.54, 1.807) is 14.0 Å². The van der Waals surface area contributed by atoms with Crippen molar-refractivity contribution in [3.05, 3.63) is 38.3 Å². The summed E-state index contributed by atoms with van der Waals surface area (Å²) in [6.07, 6.45) is -0.285. The lowest BCUT2D eigenvalue weighted by Crippen LogP contribution is -2.20. The molecule has 0 aromatic carbocycles. The summed E-state index contributed by atoms with van der Waals surface area (Å²) in [7, 11) is 1.61. The normalized spacial score (nSPS) is 20.5. The first-order valence-corrected chi connectivity index (χ1v) is 12.8. The Morgan fingerprint density at radius 1 is 1.34 bits per heavy atom. The van der Waals surface area contributed by atoms with Crippen LogP contribution in [0.2, 0.25) is 0 Å². The van der Waals surface area contributed by atoms with Gasteiger partial charge in [-0.05, 0) is 55.0 Å². The molecule has 190 valence electrons. The Morgan fingerprint density at radius 3 is 2.66 bits per heavy atom. The fourth-order valence-electron chi connectivity index (χ4n) is 4.69. The van der Waals surface area contributed by atoms with Crippen molar-refractivity contribution in [2.75, 3.05) is 6.61 Å². The molecule has 0 aliphatic heterocycles. The van der Waals surface area contributed by atoms with Crippen LogP contribution in [0.1, 0.15) is 69.7 Å². The van der Waals surface area contributed by atoms with Gasteiger partial charge < -0.3 is 4.74 Å². The van der Waals surface area contributed by atoms with Crippen LogP contribution in [0.15, 0.2) is 6.07 Å². The summed E-state index contributed by atoms with van der Waals surface area (Å²) in [6.45, 7) is 1.85. The van der Waals surface area contributed by atoms with E-state index in [0.29, 0.717) is 46.7 Å². The molecular formula is C24H26F4N2O3S2. The van der Waals surface area contributed by atoms with Gasteiger partial charge in [-0.15, -0.1) is 11.3 Å². The Morgan fingerprint density at radius 2 is 2.06 bits per heavy atom. The molecule has 0 spiro atoms. The van der Waals surface area contributed by atoms with E-state index in [-0.39, 0.29) is 24.6 Å². The van der Waals surface area contributed by atoms with E-state index < -0.39 is 36.4 Å². The smallest absolute Gasteiger partial charge is 0.339 e. The average molecular weight is 531 g/mol. The number of thiocarbonyl (C=S) groups is 1. The Balaban J connectivity index is 1.48. The molecule has 0 radical (unpaired) electrons. The zero-order valence-electron chi connectivity index (χ0n) is 19.4. The minimum atomic E-state index is -2.94. The minimum Gasteiger partial charge on any atom is -0.462 e. The number of aryl methyl sites for hydroxylation is 2. The standard InChI is InChI=1S/C24H26F4N2O3S2/c1-3-33-23(32)21-15-7-12(6-14(34)8-13-9-17(22(25)26)29-30(13)2)4-5-19(15)35-20(21)10-18(31)16-11-24(16,27)28/h9,12,16,22H,3-8,10-11H2,1-2H3/t12-,16-/m1/s1. The van der Waals surface area contributed by atoms with Gasteiger partial charge in [-0.25, -0.2) is 22.4 Å². The van der Waals surface area contributed by atoms with Crippen molar-refractivity contribution >= 4 is 40.2 Å². The Kier molecular flexibility index (Phi) is 7.47. The number of ketones is 1. The number of hydrogen-bond donors (Lipinski definition) is 0. The lowest BCUT2D eigenvalue weighted by molar-refractivity contribution is -0.121. The molecule has 0 unspecified atom stereocenters. The third-order valence-electron chi connectivity index (χ3n) is 6.58. The van der Waals surface area contributed by atoms with Gasteiger partial charge in [0.1, 0.15) is 11.5 Å². The van der Waals surface area contributed by atoms with Crippen molar-refractivity contribution in [2.24, 2.45) is 18.9 Å². The molecule has 1 fully saturated rings. The molecule has 5 nitrogen and oxygen atoms in total. The van der Waals surface area contributed by atoms with E-state index in [1.165, 1.54) is 22.1 Å². The van der Waals surface area contributed by atoms with Crippen LogP contribution in [0, 0.1) is 11.8 Å². The molecule has 2 aromatic rings. The number of carbonyl (C=O) groups excluding carboxylic acids is 2. The maximum absolute atomic E-state index is 13.4. The van der Waals surface area contributed by atoms with Crippen LogP contribution in [0.25, 0.3) is 0 Å². The molecule has 2 aliphatic carbocycles. The van der Waals surface area contributed by atoms with Gasteiger partial charge in [-0.2, -0.15) is 5.10 Å². The van der Waals surface area contributed by atoms with Gasteiger partial charge in [-0.3, -0.25) is 9.48 Å². The number of halogens is 4. The van der Waals surface area contributed by atoms with E-state index in [4.69, 9.17) is 17.0 Å². The molecule has 1 saturated carbocycles. The van der Waals surface area contributed by atoms with Crippen molar-refractivity contribution in [1.29, 1.82) is 0 Å². The van der Waals surface area contributed by atoms with Crippen molar-refractivity contribution in [2.45, 2.75) is 64.2 Å². The zero-order chi connectivity index (χ0) is 25.5. The number of ether oxygens (including phenoxy) is 1. The third kappa shape index (κ3) is 5.66. The number of rotatable bonds is 10. The van der Waals surface area contributed by atoms with Crippen molar-refractivity contribution in [3.63, 3.8) is 0 Å². The highest BCUT2D eigenvalue weighted by molar-refractivity contribution is 7.80. The first-order chi connectivity index (χ1) is 16.5. The quantitative estimate of drug-likeness (QED) is 0.232. The van der Waals surface area contributed by atoms with Gasteiger partial charge in [0.25, 0.3) is 12.3 Å². The summed E-state index contributed by atoms with van der Waals surface area (Å²) in [4.78, 5) is 27.4. The summed E-state index contributed by atoms with van der Waals surface area (Å²) in [6, 6.07) is 1.36. The Labute approximate surface area is 209 Å². The van der Waals surface area contributed by atoms with Gasteiger partial charge >= 0.3 is 5.97 Å². The predicted octanol–water partition coefficient (Wildman–Crippen LogP) is 5.47. The molecule has 0 bridgehead atoms. The van der Waals surface area contributed by atoms with Crippen LogP contribution in [-0.2, 0) is 42.3 Å². The van der Waals surface area contributed by atoms with Gasteiger partial charge in [0.2, 0.25) is 0 Å². The van der Waals surface area contributed by atoms with Crippen LogP contribution in [0.3, 0.4) is 0 Å². The van der Waals surface area contributed by atoms with Crippen molar-refractivity contribution in [3.8, 4) is 0 Å². The van der Waals surface area contributed by atoms with E-state index >= 15 is 0 Å². The highest BCUT2D eigenvalue weighted by Crippen LogP contribution is 2.50. The second-order valence-electron chi connectivity index (χ2n) is 9.20. The second-order valence-corrected chi connectivity index (χ2v) is 11.0. The molecular weight excluding hydrogens is 504 g/mol. The third-order valence-corrected chi connectivity index (χ3v) is 8.18. The van der Waals surface area contributed by atoms with E-state index in [2.05, 4.69) is 5.10 Å². The highest BCUT2D eigenvalue weighted by Gasteiger charge is 2.60. The van der Waals surface area contributed by atoms with Gasteiger partial charge in [0.15, 0.2) is 0 Å². The highest BCUT2D eigenvalue weighted by atomic mass is 32.1. The van der Waals surface area contributed by atoms with E-state index in [9.17, 15) is 27.2 Å². The molecule has 11 heteroatoms. The molecule has 4 rings (SSSR count). The monoisotopic (exact) mass is 530 g/mol.